The number of nitrogen functional groups attached to an aromatic ring is 1. The van der Waals surface area contributed by atoms with Gasteiger partial charge in [-0.15, -0.1) is 0 Å². The fourth-order valence-corrected chi connectivity index (χ4v) is 1.76. The van der Waals surface area contributed by atoms with Crippen LogP contribution in [0.1, 0.15) is 11.1 Å². The molecule has 0 aliphatic rings. The molecule has 0 saturated carbocycles. The van der Waals surface area contributed by atoms with Crippen molar-refractivity contribution in [2.24, 2.45) is 5.84 Å². The molecule has 8 heteroatoms. The summed E-state index contributed by atoms with van der Waals surface area (Å²) in [6.45, 7) is 1.93. The van der Waals surface area contributed by atoms with Crippen molar-refractivity contribution in [3.8, 4) is 0 Å². The van der Waals surface area contributed by atoms with Crippen LogP contribution in [0.2, 0.25) is 0 Å². The summed E-state index contributed by atoms with van der Waals surface area (Å²) >= 11 is 0. The largest absolute Gasteiger partial charge is 0.318 e. The van der Waals surface area contributed by atoms with Gasteiger partial charge >= 0.3 is 0 Å². The molecule has 0 atom stereocenters. The topological polar surface area (TPSA) is 116 Å². The van der Waals surface area contributed by atoms with Crippen molar-refractivity contribution >= 4 is 11.4 Å². The van der Waals surface area contributed by atoms with Crippen molar-refractivity contribution in [1.29, 1.82) is 0 Å². The maximum absolute atomic E-state index is 11.7. The third-order valence-electron chi connectivity index (χ3n) is 2.75. The minimum Gasteiger partial charge on any atom is -0.318 e. The van der Waals surface area contributed by atoms with E-state index in [9.17, 15) is 14.9 Å². The standard InChI is InChI=1S/C12H13N5O3/c1-8-4-12(18)16(14-6-8)7-9-2-3-10(15-13)11(5-9)17(19)20/h2-6,15H,7,13H2,1H3. The van der Waals surface area contributed by atoms with E-state index in [1.165, 1.54) is 22.9 Å². The molecule has 0 radical (unpaired) electrons. The van der Waals surface area contributed by atoms with E-state index in [2.05, 4.69) is 10.5 Å². The summed E-state index contributed by atoms with van der Waals surface area (Å²) in [5, 5.41) is 14.9. The summed E-state index contributed by atoms with van der Waals surface area (Å²) in [7, 11) is 0. The number of aromatic nitrogens is 2. The van der Waals surface area contributed by atoms with Crippen LogP contribution in [0.3, 0.4) is 0 Å². The van der Waals surface area contributed by atoms with Gasteiger partial charge in [0.25, 0.3) is 11.2 Å². The molecule has 0 bridgehead atoms. The number of nitro groups is 1. The van der Waals surface area contributed by atoms with Crippen LogP contribution in [0.25, 0.3) is 0 Å². The van der Waals surface area contributed by atoms with E-state index in [4.69, 9.17) is 5.84 Å². The zero-order valence-corrected chi connectivity index (χ0v) is 10.7. The number of aryl methyl sites for hydroxylation is 1. The lowest BCUT2D eigenvalue weighted by Gasteiger charge is -2.07. The Kier molecular flexibility index (Phi) is 3.76. The summed E-state index contributed by atoms with van der Waals surface area (Å²) in [6, 6.07) is 5.96. The number of hydrogen-bond donors (Lipinski definition) is 2. The van der Waals surface area contributed by atoms with E-state index in [0.717, 1.165) is 5.56 Å². The third kappa shape index (κ3) is 2.81. The lowest BCUT2D eigenvalue weighted by Crippen LogP contribution is -2.22. The number of anilines is 1. The fourth-order valence-electron chi connectivity index (χ4n) is 1.76. The van der Waals surface area contributed by atoms with Gasteiger partial charge in [0.1, 0.15) is 5.69 Å². The second kappa shape index (κ2) is 5.49. The van der Waals surface area contributed by atoms with Crippen molar-refractivity contribution in [3.05, 3.63) is 62.1 Å². The quantitative estimate of drug-likeness (QED) is 0.484. The number of benzene rings is 1. The highest BCUT2D eigenvalue weighted by molar-refractivity contribution is 5.61. The molecular weight excluding hydrogens is 262 g/mol. The minimum absolute atomic E-state index is 0.148. The number of rotatable bonds is 4. The van der Waals surface area contributed by atoms with E-state index < -0.39 is 4.92 Å². The summed E-state index contributed by atoms with van der Waals surface area (Å²) in [6.07, 6.45) is 1.56. The number of nitrogens with two attached hydrogens (primary N) is 1. The van der Waals surface area contributed by atoms with Crippen LogP contribution >= 0.6 is 0 Å². The SMILES string of the molecule is Cc1cnn(Cc2ccc(NN)c([N+](=O)[O-])c2)c(=O)c1. The van der Waals surface area contributed by atoms with Crippen molar-refractivity contribution in [3.63, 3.8) is 0 Å². The van der Waals surface area contributed by atoms with E-state index in [1.54, 1.807) is 19.2 Å². The molecule has 2 rings (SSSR count). The molecule has 1 aromatic heterocycles. The smallest absolute Gasteiger partial charge is 0.293 e. The van der Waals surface area contributed by atoms with E-state index >= 15 is 0 Å². The monoisotopic (exact) mass is 275 g/mol. The molecule has 8 nitrogen and oxygen atoms in total. The average molecular weight is 275 g/mol. The second-order valence-corrected chi connectivity index (χ2v) is 4.28. The highest BCUT2D eigenvalue weighted by atomic mass is 16.6. The summed E-state index contributed by atoms with van der Waals surface area (Å²) in [5.41, 5.74) is 3.42. The molecule has 104 valence electrons. The first-order chi connectivity index (χ1) is 9.51. The predicted molar refractivity (Wildman–Crippen MR) is 73.2 cm³/mol. The van der Waals surface area contributed by atoms with E-state index in [0.29, 0.717) is 5.56 Å². The first-order valence-corrected chi connectivity index (χ1v) is 5.79. The van der Waals surface area contributed by atoms with Crippen LogP contribution in [0.4, 0.5) is 11.4 Å². The molecule has 3 N–H and O–H groups in total. The molecular formula is C12H13N5O3. The van der Waals surface area contributed by atoms with Crippen LogP contribution in [0.15, 0.2) is 35.3 Å². The van der Waals surface area contributed by atoms with Gasteiger partial charge in [0.2, 0.25) is 0 Å². The molecule has 20 heavy (non-hydrogen) atoms. The Bertz CT molecular complexity index is 710. The Morgan fingerprint density at radius 3 is 2.80 bits per heavy atom. The normalized spacial score (nSPS) is 10.3. The number of nitrogens with zero attached hydrogens (tertiary/aromatic N) is 3. The van der Waals surface area contributed by atoms with Gasteiger partial charge < -0.3 is 5.43 Å². The van der Waals surface area contributed by atoms with Crippen molar-refractivity contribution in [2.75, 3.05) is 5.43 Å². The Morgan fingerprint density at radius 1 is 1.45 bits per heavy atom. The predicted octanol–water partition coefficient (Wildman–Crippen LogP) is 0.794. The molecule has 0 saturated heterocycles. The molecule has 0 fully saturated rings. The molecule has 1 aromatic carbocycles. The number of hydrogen-bond acceptors (Lipinski definition) is 6. The number of hydrazine groups is 1. The van der Waals surface area contributed by atoms with Crippen LogP contribution in [0.5, 0.6) is 0 Å². The molecule has 2 aromatic rings. The lowest BCUT2D eigenvalue weighted by atomic mass is 10.1. The Hall–Kier alpha value is -2.74. The van der Waals surface area contributed by atoms with Gasteiger partial charge in [-0.05, 0) is 24.1 Å². The maximum atomic E-state index is 11.7. The molecule has 0 amide bonds. The Balaban J connectivity index is 2.37. The van der Waals surface area contributed by atoms with E-state index in [1.807, 2.05) is 0 Å². The van der Waals surface area contributed by atoms with Crippen LogP contribution < -0.4 is 16.8 Å². The summed E-state index contributed by atoms with van der Waals surface area (Å²) in [5.74, 6) is 5.21. The summed E-state index contributed by atoms with van der Waals surface area (Å²) in [4.78, 5) is 22.1. The van der Waals surface area contributed by atoms with Crippen LogP contribution in [-0.2, 0) is 6.54 Å². The van der Waals surface area contributed by atoms with Gasteiger partial charge in [0.05, 0.1) is 17.7 Å². The Morgan fingerprint density at radius 2 is 2.20 bits per heavy atom. The van der Waals surface area contributed by atoms with Crippen molar-refractivity contribution in [2.45, 2.75) is 13.5 Å². The van der Waals surface area contributed by atoms with Crippen LogP contribution in [-0.4, -0.2) is 14.7 Å². The first kappa shape index (κ1) is 13.7. The first-order valence-electron chi connectivity index (χ1n) is 5.79. The molecule has 0 spiro atoms. The van der Waals surface area contributed by atoms with E-state index in [-0.39, 0.29) is 23.5 Å². The van der Waals surface area contributed by atoms with Crippen LogP contribution in [0, 0.1) is 17.0 Å². The maximum Gasteiger partial charge on any atom is 0.293 e. The van der Waals surface area contributed by atoms with Gasteiger partial charge in [0, 0.05) is 12.1 Å². The third-order valence-corrected chi connectivity index (χ3v) is 2.75. The molecule has 0 aliphatic carbocycles. The molecule has 0 aliphatic heterocycles. The number of nitrogens with one attached hydrogen (secondary N) is 1. The average Bonchev–Trinajstić information content (AvgIpc) is 2.41. The van der Waals surface area contributed by atoms with Gasteiger partial charge in [-0.1, -0.05) is 6.07 Å². The highest BCUT2D eigenvalue weighted by Crippen LogP contribution is 2.24. The summed E-state index contributed by atoms with van der Waals surface area (Å²) < 4.78 is 1.24. The lowest BCUT2D eigenvalue weighted by molar-refractivity contribution is -0.384. The van der Waals surface area contributed by atoms with Gasteiger partial charge in [-0.3, -0.25) is 20.8 Å². The van der Waals surface area contributed by atoms with Gasteiger partial charge in [0.15, 0.2) is 0 Å². The van der Waals surface area contributed by atoms with Gasteiger partial charge in [-0.2, -0.15) is 5.10 Å². The zero-order chi connectivity index (χ0) is 14.7. The molecule has 1 heterocycles. The highest BCUT2D eigenvalue weighted by Gasteiger charge is 2.14. The van der Waals surface area contributed by atoms with Gasteiger partial charge in [-0.25, -0.2) is 4.68 Å². The van der Waals surface area contributed by atoms with Crippen molar-refractivity contribution in [1.82, 2.24) is 9.78 Å². The van der Waals surface area contributed by atoms with Crippen molar-refractivity contribution < 1.29 is 4.92 Å². The zero-order valence-electron chi connectivity index (χ0n) is 10.7. The molecule has 0 unspecified atom stereocenters. The second-order valence-electron chi connectivity index (χ2n) is 4.28. The number of nitro benzene ring substituents is 1. The minimum atomic E-state index is -0.538. The Labute approximate surface area is 114 Å². The fraction of sp³-hybridized carbons (Fsp3) is 0.167.